The number of likely N-dealkylation sites (N-methyl/N-ethyl adjacent to an activating group) is 1. The Morgan fingerprint density at radius 3 is 2.14 bits per heavy atom. The first-order valence-electron chi connectivity index (χ1n) is 15.5. The molecule has 1 fully saturated rings. The van der Waals surface area contributed by atoms with Gasteiger partial charge in [-0.2, -0.15) is 0 Å². The van der Waals surface area contributed by atoms with Crippen molar-refractivity contribution in [1.82, 2.24) is 10.2 Å². The highest BCUT2D eigenvalue weighted by molar-refractivity contribution is 6.08. The number of nitrogens with one attached hydrogen (secondary N) is 2. The molecule has 1 aliphatic heterocycles. The minimum absolute atomic E-state index is 0.133. The van der Waals surface area contributed by atoms with E-state index in [2.05, 4.69) is 31.4 Å². The fourth-order valence-corrected chi connectivity index (χ4v) is 3.37. The number of anilines is 1. The summed E-state index contributed by atoms with van der Waals surface area (Å²) in [5.74, 6) is -0.626. The van der Waals surface area contributed by atoms with Crippen LogP contribution in [0, 0.1) is 5.92 Å². The van der Waals surface area contributed by atoms with Gasteiger partial charge in [0.2, 0.25) is 11.8 Å². The number of hydrogen-bond donors (Lipinski definition) is 3. The number of imide groups is 1. The Morgan fingerprint density at radius 1 is 1.11 bits per heavy atom. The molecule has 0 bridgehead atoms. The molecule has 11 nitrogen and oxygen atoms in total. The largest absolute Gasteiger partial charge is 0.395 e. The average molecular weight is 626 g/mol. The minimum atomic E-state index is -0.777. The molecule has 2 rings (SSSR count). The fourth-order valence-electron chi connectivity index (χ4n) is 3.37. The summed E-state index contributed by atoms with van der Waals surface area (Å²) in [4.78, 5) is 57.9. The van der Waals surface area contributed by atoms with Crippen LogP contribution in [-0.4, -0.2) is 94.0 Å². The van der Waals surface area contributed by atoms with Gasteiger partial charge in [0, 0.05) is 65.1 Å². The number of piperidine rings is 1. The molecule has 0 aliphatic carbocycles. The minimum Gasteiger partial charge on any atom is -0.395 e. The van der Waals surface area contributed by atoms with Crippen LogP contribution >= 0.6 is 0 Å². The van der Waals surface area contributed by atoms with E-state index in [-0.39, 0.29) is 43.0 Å². The van der Waals surface area contributed by atoms with E-state index in [1.165, 1.54) is 37.3 Å². The number of aliphatic hydroxyl groups is 1. The van der Waals surface area contributed by atoms with Crippen molar-refractivity contribution in [2.24, 2.45) is 5.92 Å². The van der Waals surface area contributed by atoms with E-state index < -0.39 is 17.9 Å². The third-order valence-corrected chi connectivity index (χ3v) is 5.87. The normalized spacial score (nSPS) is 13.2. The van der Waals surface area contributed by atoms with Gasteiger partial charge in [-0.25, -0.2) is 0 Å². The molecule has 1 saturated heterocycles. The average Bonchev–Trinajstić information content (AvgIpc) is 3.03. The molecule has 0 aromatic heterocycles. The van der Waals surface area contributed by atoms with E-state index in [4.69, 9.17) is 14.6 Å². The van der Waals surface area contributed by atoms with Gasteiger partial charge in [0.25, 0.3) is 5.91 Å². The summed E-state index contributed by atoms with van der Waals surface area (Å²) in [6, 6.07) is 3.96. The molecule has 0 saturated carbocycles. The number of unbranched alkanes of at least 4 members (excludes halogenated alkanes) is 2. The lowest BCUT2D eigenvalue weighted by Gasteiger charge is -2.30. The number of carbonyl (C=O) groups excluding carboxylic acids is 5. The molecule has 44 heavy (non-hydrogen) atoms. The first kappa shape index (κ1) is 45.3. The Bertz CT molecular complexity index is 905. The van der Waals surface area contributed by atoms with Crippen LogP contribution in [0.25, 0.3) is 0 Å². The zero-order chi connectivity index (χ0) is 34.3. The number of carbonyl (C=O) groups is 5. The summed E-state index contributed by atoms with van der Waals surface area (Å²) >= 11 is 0. The number of ether oxygens (including phenoxy) is 2. The van der Waals surface area contributed by atoms with Gasteiger partial charge < -0.3 is 29.6 Å². The Kier molecular flexibility index (Phi) is 32.2. The summed E-state index contributed by atoms with van der Waals surface area (Å²) in [6.45, 7) is 14.4. The standard InChI is InChI=1S/C16H19N3O5.C6H14O.C5H12O.C4H8O.C2H6/c1-19(12-5-6-13(22)18-15(12)23)16(24)14-10(9-21)3-2-4-11(14)17-7-8-20;1-6(2)4-5-7-3;1-3-4-5-6-2;1-2-3-4-5;1-2/h2-4,9,12,17,20H,5-8H2,1H3,(H,18,22,23);6H,4-5H2,1-3H3;3-5H2,1-2H3;4H,2-3H2,1H3;1-2H3. The number of rotatable bonds is 14. The lowest BCUT2D eigenvalue weighted by atomic mass is 10.0. The van der Waals surface area contributed by atoms with Crippen LogP contribution in [0.2, 0.25) is 0 Å². The monoisotopic (exact) mass is 625 g/mol. The van der Waals surface area contributed by atoms with Gasteiger partial charge in [-0.05, 0) is 37.7 Å². The molecule has 1 unspecified atom stereocenters. The quantitative estimate of drug-likeness (QED) is 0.149. The molecule has 1 heterocycles. The number of hydrogen-bond acceptors (Lipinski definition) is 9. The van der Waals surface area contributed by atoms with Crippen LogP contribution in [0.15, 0.2) is 18.2 Å². The number of aliphatic hydroxyl groups excluding tert-OH is 1. The molecular weight excluding hydrogens is 566 g/mol. The van der Waals surface area contributed by atoms with Crippen LogP contribution in [0.4, 0.5) is 5.69 Å². The first-order chi connectivity index (χ1) is 21.1. The molecule has 1 aromatic carbocycles. The number of benzene rings is 1. The van der Waals surface area contributed by atoms with Crippen LogP contribution in [0.5, 0.6) is 0 Å². The molecule has 1 aromatic rings. The van der Waals surface area contributed by atoms with Crippen molar-refractivity contribution in [3.63, 3.8) is 0 Å². The van der Waals surface area contributed by atoms with E-state index >= 15 is 0 Å². The summed E-state index contributed by atoms with van der Waals surface area (Å²) in [6.07, 6.45) is 7.16. The van der Waals surface area contributed by atoms with Crippen molar-refractivity contribution in [1.29, 1.82) is 0 Å². The SMILES string of the molecule is CC.CCCC=O.CCCCOC.CN(C(=O)c1c(C=O)cccc1NCCO)C1CCC(=O)NC1=O.COCCC(C)C. The number of aldehydes is 2. The Balaban J connectivity index is -0.000000685. The third-order valence-electron chi connectivity index (χ3n) is 5.87. The van der Waals surface area contributed by atoms with Crippen LogP contribution in [0.1, 0.15) is 107 Å². The second kappa shape index (κ2) is 31.3. The van der Waals surface area contributed by atoms with Crippen molar-refractivity contribution >= 4 is 36.0 Å². The maximum absolute atomic E-state index is 12.8. The molecule has 0 radical (unpaired) electrons. The molecule has 11 heteroatoms. The zero-order valence-corrected chi connectivity index (χ0v) is 28.6. The predicted molar refractivity (Wildman–Crippen MR) is 176 cm³/mol. The molecule has 3 N–H and O–H groups in total. The number of methoxy groups -OCH3 is 2. The summed E-state index contributed by atoms with van der Waals surface area (Å²) < 4.78 is 9.63. The van der Waals surface area contributed by atoms with Gasteiger partial charge in [-0.15, -0.1) is 0 Å². The first-order valence-corrected chi connectivity index (χ1v) is 15.5. The number of nitrogens with zero attached hydrogens (tertiary/aromatic N) is 1. The maximum atomic E-state index is 12.8. The van der Waals surface area contributed by atoms with E-state index in [0.717, 1.165) is 31.8 Å². The second-order valence-corrected chi connectivity index (χ2v) is 9.90. The topological polar surface area (TPSA) is 151 Å². The predicted octanol–water partition coefficient (Wildman–Crippen LogP) is 4.90. The number of amides is 3. The Morgan fingerprint density at radius 2 is 1.75 bits per heavy atom. The smallest absolute Gasteiger partial charge is 0.257 e. The van der Waals surface area contributed by atoms with E-state index in [1.54, 1.807) is 26.4 Å². The van der Waals surface area contributed by atoms with E-state index in [0.29, 0.717) is 18.4 Å². The maximum Gasteiger partial charge on any atom is 0.257 e. The van der Waals surface area contributed by atoms with Crippen molar-refractivity contribution in [2.45, 2.75) is 92.5 Å². The highest BCUT2D eigenvalue weighted by Crippen LogP contribution is 2.23. The molecule has 3 amide bonds. The molecule has 0 spiro atoms. The molecule has 1 atom stereocenters. The van der Waals surface area contributed by atoms with Crippen LogP contribution in [0.3, 0.4) is 0 Å². The lowest BCUT2D eigenvalue weighted by Crippen LogP contribution is -2.53. The molecule has 1 aliphatic rings. The molecular formula is C33H59N3O8. The van der Waals surface area contributed by atoms with Crippen molar-refractivity contribution < 1.29 is 38.6 Å². The summed E-state index contributed by atoms with van der Waals surface area (Å²) in [7, 11) is 4.93. The van der Waals surface area contributed by atoms with E-state index in [1.807, 2.05) is 20.8 Å². The fraction of sp³-hybridized carbons (Fsp3) is 0.667. The Labute approximate surface area is 265 Å². The third kappa shape index (κ3) is 21.5. The van der Waals surface area contributed by atoms with Gasteiger partial charge in [0.1, 0.15) is 12.3 Å². The van der Waals surface area contributed by atoms with Crippen molar-refractivity contribution in [2.75, 3.05) is 52.9 Å². The van der Waals surface area contributed by atoms with Crippen LogP contribution < -0.4 is 10.6 Å². The highest BCUT2D eigenvalue weighted by atomic mass is 16.5. The van der Waals surface area contributed by atoms with Crippen LogP contribution in [-0.2, 0) is 23.9 Å². The van der Waals surface area contributed by atoms with E-state index in [9.17, 15) is 24.0 Å². The summed E-state index contributed by atoms with van der Waals surface area (Å²) in [5.41, 5.74) is 0.716. The van der Waals surface area contributed by atoms with Crippen molar-refractivity contribution in [3.8, 4) is 0 Å². The Hall–Kier alpha value is -3.15. The van der Waals surface area contributed by atoms with Gasteiger partial charge in [0.15, 0.2) is 6.29 Å². The zero-order valence-electron chi connectivity index (χ0n) is 28.6. The van der Waals surface area contributed by atoms with Gasteiger partial charge >= 0.3 is 0 Å². The highest BCUT2D eigenvalue weighted by Gasteiger charge is 2.34. The van der Waals surface area contributed by atoms with Gasteiger partial charge in [-0.1, -0.05) is 60.1 Å². The lowest BCUT2D eigenvalue weighted by molar-refractivity contribution is -0.136. The second-order valence-electron chi connectivity index (χ2n) is 9.90. The van der Waals surface area contributed by atoms with Gasteiger partial charge in [0.05, 0.1) is 12.2 Å². The summed E-state index contributed by atoms with van der Waals surface area (Å²) in [5, 5.41) is 14.0. The molecule has 254 valence electrons. The van der Waals surface area contributed by atoms with Gasteiger partial charge in [-0.3, -0.25) is 24.5 Å². The van der Waals surface area contributed by atoms with Crippen molar-refractivity contribution in [3.05, 3.63) is 29.3 Å².